The van der Waals surface area contributed by atoms with Gasteiger partial charge in [0.25, 0.3) is 5.91 Å². The van der Waals surface area contributed by atoms with Crippen LogP contribution >= 0.6 is 0 Å². The highest BCUT2D eigenvalue weighted by Crippen LogP contribution is 2.35. The minimum Gasteiger partial charge on any atom is -0.495 e. The first-order valence-electron chi connectivity index (χ1n) is 8.71. The van der Waals surface area contributed by atoms with Crippen molar-refractivity contribution < 1.29 is 19.0 Å². The van der Waals surface area contributed by atoms with Crippen LogP contribution in [0.1, 0.15) is 16.1 Å². The molecule has 0 saturated carbocycles. The highest BCUT2D eigenvalue weighted by atomic mass is 16.7. The molecule has 7 heteroatoms. The number of carbonyl (C=O) groups excluding carboxylic acids is 1. The molecule has 1 aliphatic heterocycles. The van der Waals surface area contributed by atoms with E-state index < -0.39 is 0 Å². The maximum Gasteiger partial charge on any atom is 0.274 e. The number of ether oxygens (including phenoxy) is 3. The van der Waals surface area contributed by atoms with Gasteiger partial charge >= 0.3 is 0 Å². The number of aromatic nitrogens is 1. The predicted molar refractivity (Wildman–Crippen MR) is 106 cm³/mol. The molecule has 1 aliphatic rings. The van der Waals surface area contributed by atoms with E-state index in [1.165, 1.54) is 0 Å². The van der Waals surface area contributed by atoms with Gasteiger partial charge in [0, 0.05) is 23.6 Å². The molecule has 4 rings (SSSR count). The topological polar surface area (TPSA) is 81.7 Å². The van der Waals surface area contributed by atoms with Gasteiger partial charge in [-0.15, -0.1) is 0 Å². The number of pyridine rings is 1. The molecule has 2 N–H and O–H groups in total. The summed E-state index contributed by atoms with van der Waals surface area (Å²) in [4.78, 5) is 16.8. The Labute approximate surface area is 162 Å². The summed E-state index contributed by atoms with van der Waals surface area (Å²) in [6.45, 7) is 2.17. The second-order valence-corrected chi connectivity index (χ2v) is 6.28. The molecule has 0 aliphatic carbocycles. The summed E-state index contributed by atoms with van der Waals surface area (Å²) in [5.41, 5.74) is 3.46. The van der Waals surface area contributed by atoms with E-state index in [9.17, 15) is 4.79 Å². The summed E-state index contributed by atoms with van der Waals surface area (Å²) in [5, 5.41) is 6.10. The van der Waals surface area contributed by atoms with E-state index in [0.29, 0.717) is 22.9 Å². The smallest absolute Gasteiger partial charge is 0.274 e. The molecule has 0 spiro atoms. The summed E-state index contributed by atoms with van der Waals surface area (Å²) < 4.78 is 16.0. The Morgan fingerprint density at radius 2 is 1.86 bits per heavy atom. The fraction of sp³-hybridized carbons (Fsp3) is 0.143. The number of benzene rings is 2. The molecule has 0 unspecified atom stereocenters. The van der Waals surface area contributed by atoms with Crippen LogP contribution in [0.4, 0.5) is 17.1 Å². The van der Waals surface area contributed by atoms with Crippen molar-refractivity contribution in [2.75, 3.05) is 24.5 Å². The van der Waals surface area contributed by atoms with Crippen LogP contribution in [0, 0.1) is 6.92 Å². The van der Waals surface area contributed by atoms with Crippen LogP contribution in [0.25, 0.3) is 0 Å². The Morgan fingerprint density at radius 3 is 2.71 bits per heavy atom. The van der Waals surface area contributed by atoms with Gasteiger partial charge in [0.2, 0.25) is 6.79 Å². The molecule has 0 saturated heterocycles. The molecule has 0 radical (unpaired) electrons. The summed E-state index contributed by atoms with van der Waals surface area (Å²) in [6.07, 6.45) is 1.58. The van der Waals surface area contributed by atoms with Crippen LogP contribution in [0.2, 0.25) is 0 Å². The first kappa shape index (κ1) is 17.7. The van der Waals surface area contributed by atoms with Gasteiger partial charge in [-0.3, -0.25) is 9.78 Å². The van der Waals surface area contributed by atoms with Crippen molar-refractivity contribution in [1.82, 2.24) is 4.98 Å². The Hall–Kier alpha value is -3.74. The normalized spacial score (nSPS) is 11.8. The summed E-state index contributed by atoms with van der Waals surface area (Å²) in [6, 6.07) is 14.6. The van der Waals surface area contributed by atoms with E-state index in [4.69, 9.17) is 14.2 Å². The van der Waals surface area contributed by atoms with Crippen LogP contribution in [0.5, 0.6) is 17.2 Å². The standard InChI is InChI=1S/C21H19N3O4/c1-13-3-5-18(26-2)16(9-13)24-21(25)17-10-15(7-8-22-17)23-14-4-6-19-20(11-14)28-12-27-19/h3-11H,12H2,1-2H3,(H,22,23)(H,24,25). The van der Waals surface area contributed by atoms with E-state index in [0.717, 1.165) is 16.9 Å². The third-order valence-electron chi connectivity index (χ3n) is 4.26. The van der Waals surface area contributed by atoms with E-state index in [-0.39, 0.29) is 18.4 Å². The molecule has 28 heavy (non-hydrogen) atoms. The van der Waals surface area contributed by atoms with Crippen LogP contribution in [0.15, 0.2) is 54.7 Å². The summed E-state index contributed by atoms with van der Waals surface area (Å²) in [5.74, 6) is 1.67. The van der Waals surface area contributed by atoms with Crippen molar-refractivity contribution in [3.05, 3.63) is 66.0 Å². The molecular weight excluding hydrogens is 358 g/mol. The Bertz CT molecular complexity index is 1040. The average Bonchev–Trinajstić information content (AvgIpc) is 3.16. The van der Waals surface area contributed by atoms with Gasteiger partial charge in [-0.2, -0.15) is 0 Å². The molecular formula is C21H19N3O4. The highest BCUT2D eigenvalue weighted by molar-refractivity contribution is 6.04. The summed E-state index contributed by atoms with van der Waals surface area (Å²) >= 11 is 0. The lowest BCUT2D eigenvalue weighted by Gasteiger charge is -2.12. The second kappa shape index (κ2) is 7.48. The summed E-state index contributed by atoms with van der Waals surface area (Å²) in [7, 11) is 1.56. The molecule has 0 fully saturated rings. The van der Waals surface area contributed by atoms with Crippen molar-refractivity contribution in [1.29, 1.82) is 0 Å². The van der Waals surface area contributed by atoms with Gasteiger partial charge < -0.3 is 24.8 Å². The molecule has 1 aromatic heterocycles. The molecule has 2 heterocycles. The van der Waals surface area contributed by atoms with Gasteiger partial charge in [0.15, 0.2) is 11.5 Å². The lowest BCUT2D eigenvalue weighted by Crippen LogP contribution is -2.14. The number of rotatable bonds is 5. The number of methoxy groups -OCH3 is 1. The second-order valence-electron chi connectivity index (χ2n) is 6.28. The van der Waals surface area contributed by atoms with Crippen molar-refractivity contribution in [2.45, 2.75) is 6.92 Å². The molecule has 7 nitrogen and oxygen atoms in total. The molecule has 3 aromatic rings. The lowest BCUT2D eigenvalue weighted by molar-refractivity contribution is 0.102. The van der Waals surface area contributed by atoms with E-state index in [2.05, 4.69) is 15.6 Å². The van der Waals surface area contributed by atoms with Gasteiger partial charge in [0.1, 0.15) is 11.4 Å². The number of anilines is 3. The third-order valence-corrected chi connectivity index (χ3v) is 4.26. The van der Waals surface area contributed by atoms with Gasteiger partial charge in [0.05, 0.1) is 12.8 Å². The highest BCUT2D eigenvalue weighted by Gasteiger charge is 2.14. The SMILES string of the molecule is COc1ccc(C)cc1NC(=O)c1cc(Nc2ccc3c(c2)OCO3)ccn1. The van der Waals surface area contributed by atoms with Crippen LogP contribution in [0.3, 0.4) is 0 Å². The molecule has 0 atom stereocenters. The number of nitrogens with zero attached hydrogens (tertiary/aromatic N) is 1. The van der Waals surface area contributed by atoms with Crippen molar-refractivity contribution in [3.8, 4) is 17.2 Å². The first-order valence-corrected chi connectivity index (χ1v) is 8.71. The van der Waals surface area contributed by atoms with E-state index in [1.54, 1.807) is 25.4 Å². The average molecular weight is 377 g/mol. The number of carbonyl (C=O) groups is 1. The zero-order valence-corrected chi connectivity index (χ0v) is 15.5. The molecule has 1 amide bonds. The maximum atomic E-state index is 12.7. The molecule has 0 bridgehead atoms. The van der Waals surface area contributed by atoms with Gasteiger partial charge in [-0.25, -0.2) is 0 Å². The van der Waals surface area contributed by atoms with E-state index in [1.807, 2.05) is 43.3 Å². The number of amides is 1. The monoisotopic (exact) mass is 377 g/mol. The Balaban J connectivity index is 1.52. The van der Waals surface area contributed by atoms with Crippen LogP contribution in [-0.2, 0) is 0 Å². The van der Waals surface area contributed by atoms with Gasteiger partial charge in [-0.1, -0.05) is 6.07 Å². The number of fused-ring (bicyclic) bond motifs is 1. The fourth-order valence-corrected chi connectivity index (χ4v) is 2.88. The minimum absolute atomic E-state index is 0.223. The van der Waals surface area contributed by atoms with Gasteiger partial charge in [-0.05, 0) is 48.9 Å². The number of hydrogen-bond donors (Lipinski definition) is 2. The molecule has 142 valence electrons. The quantitative estimate of drug-likeness (QED) is 0.696. The number of aryl methyl sites for hydroxylation is 1. The zero-order valence-electron chi connectivity index (χ0n) is 15.5. The minimum atomic E-state index is -0.321. The van der Waals surface area contributed by atoms with Crippen molar-refractivity contribution >= 4 is 23.0 Å². The van der Waals surface area contributed by atoms with Crippen LogP contribution in [-0.4, -0.2) is 24.8 Å². The largest absolute Gasteiger partial charge is 0.495 e. The number of hydrogen-bond acceptors (Lipinski definition) is 6. The van der Waals surface area contributed by atoms with Crippen molar-refractivity contribution in [2.24, 2.45) is 0 Å². The number of nitrogens with one attached hydrogen (secondary N) is 2. The Morgan fingerprint density at radius 1 is 1.04 bits per heavy atom. The third kappa shape index (κ3) is 3.68. The van der Waals surface area contributed by atoms with E-state index >= 15 is 0 Å². The first-order chi connectivity index (χ1) is 13.6. The predicted octanol–water partition coefficient (Wildman–Crippen LogP) is 4.12. The lowest BCUT2D eigenvalue weighted by atomic mass is 10.2. The molecule has 2 aromatic carbocycles. The Kier molecular flexibility index (Phi) is 4.72. The van der Waals surface area contributed by atoms with Crippen LogP contribution < -0.4 is 24.8 Å². The maximum absolute atomic E-state index is 12.7. The zero-order chi connectivity index (χ0) is 19.5. The van der Waals surface area contributed by atoms with Crippen molar-refractivity contribution in [3.63, 3.8) is 0 Å². The fourth-order valence-electron chi connectivity index (χ4n) is 2.88.